The number of likely N-dealkylation sites (N-methyl/N-ethyl adjacent to an activating group) is 2. The van der Waals surface area contributed by atoms with E-state index in [1.807, 2.05) is 11.9 Å². The lowest BCUT2D eigenvalue weighted by molar-refractivity contribution is 0.314. The predicted octanol–water partition coefficient (Wildman–Crippen LogP) is 1.99. The molecule has 2 rings (SSSR count). The summed E-state index contributed by atoms with van der Waals surface area (Å²) in [5, 5.41) is 0. The molecule has 0 aliphatic carbocycles. The molecule has 0 aromatic heterocycles. The van der Waals surface area contributed by atoms with Crippen LogP contribution in [0.5, 0.6) is 0 Å². The number of likely N-dealkylation sites (tertiary alicyclic amines) is 1. The monoisotopic (exact) mass is 281 g/mol. The first-order chi connectivity index (χ1) is 8.99. The van der Waals surface area contributed by atoms with E-state index in [9.17, 15) is 4.39 Å². The van der Waals surface area contributed by atoms with Crippen molar-refractivity contribution < 1.29 is 4.39 Å². The largest absolute Gasteiger partial charge is 0.389 e. The van der Waals surface area contributed by atoms with Crippen molar-refractivity contribution in [2.45, 2.75) is 18.9 Å². The van der Waals surface area contributed by atoms with Gasteiger partial charge in [0.2, 0.25) is 0 Å². The van der Waals surface area contributed by atoms with Gasteiger partial charge in [-0.15, -0.1) is 0 Å². The lowest BCUT2D eigenvalue weighted by Crippen LogP contribution is -2.37. The number of hydrogen-bond acceptors (Lipinski definition) is 3. The van der Waals surface area contributed by atoms with Gasteiger partial charge in [-0.05, 0) is 44.6 Å². The molecule has 1 aliphatic rings. The van der Waals surface area contributed by atoms with E-state index in [1.165, 1.54) is 18.9 Å². The third kappa shape index (κ3) is 3.22. The number of hydrogen-bond donors (Lipinski definition) is 1. The van der Waals surface area contributed by atoms with Crippen LogP contribution in [0.25, 0.3) is 0 Å². The first-order valence-corrected chi connectivity index (χ1v) is 6.90. The van der Waals surface area contributed by atoms with Crippen molar-refractivity contribution in [3.63, 3.8) is 0 Å². The number of nitrogens with two attached hydrogens (primary N) is 1. The Morgan fingerprint density at radius 2 is 2.32 bits per heavy atom. The Labute approximate surface area is 119 Å². The van der Waals surface area contributed by atoms with Gasteiger partial charge >= 0.3 is 0 Å². The van der Waals surface area contributed by atoms with Crippen molar-refractivity contribution in [3.05, 3.63) is 29.6 Å². The second-order valence-electron chi connectivity index (χ2n) is 5.19. The lowest BCUT2D eigenvalue weighted by atomic mass is 10.1. The zero-order chi connectivity index (χ0) is 14.0. The van der Waals surface area contributed by atoms with Crippen LogP contribution in [-0.2, 0) is 0 Å². The molecule has 1 saturated heterocycles. The van der Waals surface area contributed by atoms with Crippen molar-refractivity contribution in [2.75, 3.05) is 32.1 Å². The quantitative estimate of drug-likeness (QED) is 0.856. The molecule has 0 radical (unpaired) electrons. The zero-order valence-corrected chi connectivity index (χ0v) is 12.2. The van der Waals surface area contributed by atoms with Crippen LogP contribution in [0.4, 0.5) is 10.1 Å². The minimum Gasteiger partial charge on any atom is -0.389 e. The number of rotatable bonds is 4. The summed E-state index contributed by atoms with van der Waals surface area (Å²) in [5.74, 6) is -0.270. The van der Waals surface area contributed by atoms with E-state index in [1.54, 1.807) is 12.1 Å². The third-order valence-corrected chi connectivity index (χ3v) is 4.04. The molecule has 1 aromatic carbocycles. The Morgan fingerprint density at radius 3 is 2.84 bits per heavy atom. The van der Waals surface area contributed by atoms with E-state index in [-0.39, 0.29) is 10.8 Å². The van der Waals surface area contributed by atoms with Crippen molar-refractivity contribution >= 4 is 22.9 Å². The molecule has 0 bridgehead atoms. The highest BCUT2D eigenvalue weighted by atomic mass is 32.1. The van der Waals surface area contributed by atoms with Crippen molar-refractivity contribution in [3.8, 4) is 0 Å². The molecule has 1 fully saturated rings. The van der Waals surface area contributed by atoms with Gasteiger partial charge in [0, 0.05) is 25.2 Å². The average Bonchev–Trinajstić information content (AvgIpc) is 2.74. The average molecular weight is 281 g/mol. The highest BCUT2D eigenvalue weighted by Crippen LogP contribution is 2.22. The molecule has 2 N–H and O–H groups in total. The summed E-state index contributed by atoms with van der Waals surface area (Å²) in [4.78, 5) is 4.52. The Bertz CT molecular complexity index is 478. The normalized spacial score (nSPS) is 19.6. The highest BCUT2D eigenvalue weighted by molar-refractivity contribution is 7.80. The third-order valence-electron chi connectivity index (χ3n) is 3.80. The minimum absolute atomic E-state index is 0.226. The summed E-state index contributed by atoms with van der Waals surface area (Å²) >= 11 is 4.85. The molecule has 0 amide bonds. The van der Waals surface area contributed by atoms with Crippen LogP contribution in [0.3, 0.4) is 0 Å². The summed E-state index contributed by atoms with van der Waals surface area (Å²) < 4.78 is 14.1. The van der Waals surface area contributed by atoms with Gasteiger partial charge in [-0.25, -0.2) is 4.39 Å². The second-order valence-corrected chi connectivity index (χ2v) is 5.63. The van der Waals surface area contributed by atoms with Crippen LogP contribution < -0.4 is 10.6 Å². The summed E-state index contributed by atoms with van der Waals surface area (Å²) in [6.45, 7) is 1.96. The van der Waals surface area contributed by atoms with E-state index < -0.39 is 0 Å². The predicted molar refractivity (Wildman–Crippen MR) is 81.2 cm³/mol. The first-order valence-electron chi connectivity index (χ1n) is 6.50. The summed E-state index contributed by atoms with van der Waals surface area (Å²) in [6.07, 6.45) is 2.39. The van der Waals surface area contributed by atoms with Crippen LogP contribution in [0, 0.1) is 5.82 Å². The molecule has 0 spiro atoms. The first kappa shape index (κ1) is 14.2. The number of anilines is 1. The topological polar surface area (TPSA) is 32.5 Å². The van der Waals surface area contributed by atoms with E-state index in [0.717, 1.165) is 13.1 Å². The van der Waals surface area contributed by atoms with Crippen LogP contribution >= 0.6 is 12.2 Å². The lowest BCUT2D eigenvalue weighted by Gasteiger charge is -2.27. The zero-order valence-electron chi connectivity index (χ0n) is 11.4. The molecule has 0 saturated carbocycles. The van der Waals surface area contributed by atoms with Crippen LogP contribution in [0.15, 0.2) is 18.2 Å². The number of thiocarbonyl (C=S) groups is 1. The van der Waals surface area contributed by atoms with Gasteiger partial charge in [0.25, 0.3) is 0 Å². The Morgan fingerprint density at radius 1 is 1.58 bits per heavy atom. The standard InChI is InChI=1S/C14H20FN3S/c1-17-7-3-4-11(17)9-18(2)13-6-5-10(14(16)19)8-12(13)15/h5-6,8,11H,3-4,7,9H2,1-2H3,(H2,16,19). The maximum atomic E-state index is 14.1. The number of nitrogens with zero attached hydrogens (tertiary/aromatic N) is 2. The molecule has 104 valence electrons. The molecule has 1 atom stereocenters. The molecule has 3 nitrogen and oxygen atoms in total. The van der Waals surface area contributed by atoms with Gasteiger partial charge < -0.3 is 15.5 Å². The fourth-order valence-electron chi connectivity index (χ4n) is 2.59. The fraction of sp³-hybridized carbons (Fsp3) is 0.500. The summed E-state index contributed by atoms with van der Waals surface area (Å²) in [7, 11) is 4.04. The molecular formula is C14H20FN3S. The van der Waals surface area contributed by atoms with E-state index in [0.29, 0.717) is 17.3 Å². The molecule has 5 heteroatoms. The van der Waals surface area contributed by atoms with Gasteiger partial charge in [-0.2, -0.15) is 0 Å². The molecular weight excluding hydrogens is 261 g/mol. The number of benzene rings is 1. The Hall–Kier alpha value is -1.20. The van der Waals surface area contributed by atoms with E-state index in [4.69, 9.17) is 18.0 Å². The SMILES string of the molecule is CN(CC1CCCN1C)c1ccc(C(N)=S)cc1F. The molecule has 1 heterocycles. The maximum Gasteiger partial charge on any atom is 0.147 e. The molecule has 1 aromatic rings. The van der Waals surface area contributed by atoms with Crippen LogP contribution in [-0.4, -0.2) is 43.1 Å². The molecule has 1 unspecified atom stereocenters. The molecule has 1 aliphatic heterocycles. The van der Waals surface area contributed by atoms with Gasteiger partial charge in [-0.3, -0.25) is 0 Å². The number of halogens is 1. The Kier molecular flexibility index (Phi) is 4.37. The van der Waals surface area contributed by atoms with E-state index >= 15 is 0 Å². The van der Waals surface area contributed by atoms with Crippen molar-refractivity contribution in [1.29, 1.82) is 0 Å². The fourth-order valence-corrected chi connectivity index (χ4v) is 2.72. The highest BCUT2D eigenvalue weighted by Gasteiger charge is 2.23. The molecule has 19 heavy (non-hydrogen) atoms. The van der Waals surface area contributed by atoms with Gasteiger partial charge in [0.1, 0.15) is 10.8 Å². The van der Waals surface area contributed by atoms with E-state index in [2.05, 4.69) is 11.9 Å². The maximum absolute atomic E-state index is 14.1. The summed E-state index contributed by atoms with van der Waals surface area (Å²) in [6, 6.07) is 5.43. The minimum atomic E-state index is -0.270. The Balaban J connectivity index is 2.10. The van der Waals surface area contributed by atoms with Gasteiger partial charge in [0.05, 0.1) is 5.69 Å². The van der Waals surface area contributed by atoms with Gasteiger partial charge in [-0.1, -0.05) is 12.2 Å². The van der Waals surface area contributed by atoms with Crippen molar-refractivity contribution in [1.82, 2.24) is 4.90 Å². The van der Waals surface area contributed by atoms with Crippen LogP contribution in [0.2, 0.25) is 0 Å². The second kappa shape index (κ2) is 5.84. The smallest absolute Gasteiger partial charge is 0.147 e. The van der Waals surface area contributed by atoms with Crippen LogP contribution in [0.1, 0.15) is 18.4 Å². The summed E-state index contributed by atoms with van der Waals surface area (Å²) in [5.41, 5.74) is 6.67. The van der Waals surface area contributed by atoms with Crippen molar-refractivity contribution in [2.24, 2.45) is 5.73 Å². The van der Waals surface area contributed by atoms with Gasteiger partial charge in [0.15, 0.2) is 0 Å².